The summed E-state index contributed by atoms with van der Waals surface area (Å²) in [6.45, 7) is 3.93. The molecule has 2 aliphatic rings. The van der Waals surface area contributed by atoms with E-state index in [4.69, 9.17) is 5.73 Å². The molecule has 4 heteroatoms. The monoisotopic (exact) mass is 281 g/mol. The zero-order chi connectivity index (χ0) is 14.5. The van der Waals surface area contributed by atoms with Gasteiger partial charge in [-0.05, 0) is 45.1 Å². The number of amides is 1. The first-order chi connectivity index (χ1) is 9.56. The van der Waals surface area contributed by atoms with E-state index in [0.29, 0.717) is 5.92 Å². The third kappa shape index (κ3) is 4.45. The van der Waals surface area contributed by atoms with Crippen molar-refractivity contribution in [3.05, 3.63) is 0 Å². The third-order valence-corrected chi connectivity index (χ3v) is 5.06. The predicted octanol–water partition coefficient (Wildman–Crippen LogP) is 1.74. The van der Waals surface area contributed by atoms with E-state index in [1.165, 1.54) is 25.7 Å². The van der Waals surface area contributed by atoms with Gasteiger partial charge in [-0.2, -0.15) is 0 Å². The molecule has 1 amide bonds. The van der Waals surface area contributed by atoms with Gasteiger partial charge >= 0.3 is 0 Å². The lowest BCUT2D eigenvalue weighted by molar-refractivity contribution is -0.126. The van der Waals surface area contributed by atoms with Crippen LogP contribution in [0.4, 0.5) is 0 Å². The molecule has 0 aromatic carbocycles. The van der Waals surface area contributed by atoms with E-state index in [1.54, 1.807) is 0 Å². The lowest BCUT2D eigenvalue weighted by Crippen LogP contribution is -2.43. The molecule has 2 aliphatic carbocycles. The molecule has 0 heterocycles. The van der Waals surface area contributed by atoms with E-state index in [1.807, 2.05) is 0 Å². The molecule has 0 bridgehead atoms. The van der Waals surface area contributed by atoms with Crippen molar-refractivity contribution >= 4 is 5.91 Å². The Hall–Kier alpha value is -0.610. The van der Waals surface area contributed by atoms with Crippen LogP contribution < -0.4 is 11.1 Å². The van der Waals surface area contributed by atoms with E-state index in [-0.39, 0.29) is 17.9 Å². The molecule has 3 N–H and O–H groups in total. The van der Waals surface area contributed by atoms with Crippen molar-refractivity contribution in [2.24, 2.45) is 17.6 Å². The quantitative estimate of drug-likeness (QED) is 0.807. The zero-order valence-electron chi connectivity index (χ0n) is 13.1. The van der Waals surface area contributed by atoms with Crippen LogP contribution in [0.15, 0.2) is 0 Å². The number of hydrogen-bond donors (Lipinski definition) is 2. The van der Waals surface area contributed by atoms with Gasteiger partial charge in [0.15, 0.2) is 0 Å². The van der Waals surface area contributed by atoms with Crippen molar-refractivity contribution in [2.75, 3.05) is 20.1 Å². The highest BCUT2D eigenvalue weighted by Crippen LogP contribution is 2.28. The minimum atomic E-state index is 0.130. The van der Waals surface area contributed by atoms with Gasteiger partial charge < -0.3 is 16.0 Å². The molecule has 2 fully saturated rings. The van der Waals surface area contributed by atoms with Gasteiger partial charge in [-0.25, -0.2) is 0 Å². The van der Waals surface area contributed by atoms with Crippen molar-refractivity contribution in [1.29, 1.82) is 0 Å². The number of likely N-dealkylation sites (N-methyl/N-ethyl adjacent to an activating group) is 1. The highest BCUT2D eigenvalue weighted by molar-refractivity contribution is 5.78. The van der Waals surface area contributed by atoms with Crippen molar-refractivity contribution in [1.82, 2.24) is 10.2 Å². The van der Waals surface area contributed by atoms with Crippen molar-refractivity contribution < 1.29 is 4.79 Å². The Morgan fingerprint density at radius 3 is 2.60 bits per heavy atom. The van der Waals surface area contributed by atoms with Crippen LogP contribution in [0.5, 0.6) is 0 Å². The fourth-order valence-corrected chi connectivity index (χ4v) is 3.90. The molecule has 2 rings (SSSR count). The van der Waals surface area contributed by atoms with Gasteiger partial charge in [-0.3, -0.25) is 4.79 Å². The fraction of sp³-hybridized carbons (Fsp3) is 0.938. The molecule has 0 aromatic heterocycles. The van der Waals surface area contributed by atoms with Crippen LogP contribution in [0.2, 0.25) is 0 Å². The Bertz CT molecular complexity index is 305. The summed E-state index contributed by atoms with van der Waals surface area (Å²) in [5, 5.41) is 3.11. The second kappa shape index (κ2) is 7.41. The number of carbonyl (C=O) groups is 1. The smallest absolute Gasteiger partial charge is 0.223 e. The average Bonchev–Trinajstić information content (AvgIpc) is 2.91. The third-order valence-electron chi connectivity index (χ3n) is 5.06. The Balaban J connectivity index is 1.66. The summed E-state index contributed by atoms with van der Waals surface area (Å²) in [6.07, 6.45) is 8.28. The maximum atomic E-state index is 12.2. The van der Waals surface area contributed by atoms with Crippen LogP contribution in [0.3, 0.4) is 0 Å². The molecular weight excluding hydrogens is 250 g/mol. The first-order valence-electron chi connectivity index (χ1n) is 8.29. The molecular formula is C16H31N3O. The first kappa shape index (κ1) is 15.8. The number of nitrogens with one attached hydrogen (secondary N) is 1. The van der Waals surface area contributed by atoms with E-state index >= 15 is 0 Å². The van der Waals surface area contributed by atoms with Crippen LogP contribution in [-0.4, -0.2) is 43.0 Å². The predicted molar refractivity (Wildman–Crippen MR) is 82.4 cm³/mol. The van der Waals surface area contributed by atoms with E-state index in [0.717, 1.165) is 38.4 Å². The highest BCUT2D eigenvalue weighted by Gasteiger charge is 2.29. The molecule has 0 saturated heterocycles. The summed E-state index contributed by atoms with van der Waals surface area (Å²) in [5.41, 5.74) is 6.02. The summed E-state index contributed by atoms with van der Waals surface area (Å²) in [5.74, 6) is 0.924. The average molecular weight is 281 g/mol. The number of carbonyl (C=O) groups excluding carboxylic acids is 1. The molecule has 0 aromatic rings. The molecule has 3 atom stereocenters. The molecule has 4 nitrogen and oxygen atoms in total. The second-order valence-electron chi connectivity index (χ2n) is 6.98. The summed E-state index contributed by atoms with van der Waals surface area (Å²) in [6, 6.07) is 0.936. The topological polar surface area (TPSA) is 58.4 Å². The van der Waals surface area contributed by atoms with Gasteiger partial charge in [0.25, 0.3) is 0 Å². The maximum Gasteiger partial charge on any atom is 0.223 e. The minimum Gasteiger partial charge on any atom is -0.355 e. The summed E-state index contributed by atoms with van der Waals surface area (Å²) >= 11 is 0. The lowest BCUT2D eigenvalue weighted by Gasteiger charge is -2.30. The Kier molecular flexibility index (Phi) is 5.85. The molecule has 20 heavy (non-hydrogen) atoms. The Morgan fingerprint density at radius 2 is 1.95 bits per heavy atom. The van der Waals surface area contributed by atoms with Crippen LogP contribution in [-0.2, 0) is 4.79 Å². The number of hydrogen-bond acceptors (Lipinski definition) is 3. The van der Waals surface area contributed by atoms with Crippen molar-refractivity contribution in [3.8, 4) is 0 Å². The molecule has 116 valence electrons. The van der Waals surface area contributed by atoms with Crippen molar-refractivity contribution in [2.45, 2.75) is 64.0 Å². The lowest BCUT2D eigenvalue weighted by atomic mass is 9.79. The number of nitrogens with two attached hydrogens (primary N) is 1. The van der Waals surface area contributed by atoms with Crippen LogP contribution in [0, 0.1) is 11.8 Å². The zero-order valence-corrected chi connectivity index (χ0v) is 13.1. The number of rotatable bonds is 5. The standard InChI is InChI=1S/C16H31N3O/c1-12-9-13(11-14(17)10-12)16(20)18-7-8-19(2)15-5-3-4-6-15/h12-15H,3-11,17H2,1-2H3,(H,18,20). The minimum absolute atomic E-state index is 0.130. The van der Waals surface area contributed by atoms with Gasteiger partial charge in [-0.15, -0.1) is 0 Å². The van der Waals surface area contributed by atoms with Crippen LogP contribution >= 0.6 is 0 Å². The van der Waals surface area contributed by atoms with E-state index in [9.17, 15) is 4.79 Å². The van der Waals surface area contributed by atoms with Gasteiger partial charge in [-0.1, -0.05) is 19.8 Å². The van der Waals surface area contributed by atoms with Gasteiger partial charge in [0.05, 0.1) is 0 Å². The van der Waals surface area contributed by atoms with Gasteiger partial charge in [0.2, 0.25) is 5.91 Å². The normalized spacial score (nSPS) is 31.7. The second-order valence-corrected chi connectivity index (χ2v) is 6.98. The fourth-order valence-electron chi connectivity index (χ4n) is 3.90. The SMILES string of the molecule is CC1CC(N)CC(C(=O)NCCN(C)C2CCCC2)C1. The largest absolute Gasteiger partial charge is 0.355 e. The summed E-state index contributed by atoms with van der Waals surface area (Å²) < 4.78 is 0. The van der Waals surface area contributed by atoms with E-state index < -0.39 is 0 Å². The summed E-state index contributed by atoms with van der Waals surface area (Å²) in [7, 11) is 2.18. The molecule has 0 radical (unpaired) electrons. The maximum absolute atomic E-state index is 12.2. The molecule has 0 aliphatic heterocycles. The molecule has 2 saturated carbocycles. The Morgan fingerprint density at radius 1 is 1.25 bits per heavy atom. The molecule has 3 unspecified atom stereocenters. The van der Waals surface area contributed by atoms with E-state index in [2.05, 4.69) is 24.2 Å². The van der Waals surface area contributed by atoms with Crippen LogP contribution in [0.1, 0.15) is 51.9 Å². The van der Waals surface area contributed by atoms with Crippen molar-refractivity contribution in [3.63, 3.8) is 0 Å². The first-order valence-corrected chi connectivity index (χ1v) is 8.29. The van der Waals surface area contributed by atoms with Gasteiger partial charge in [0, 0.05) is 31.1 Å². The highest BCUT2D eigenvalue weighted by atomic mass is 16.1. The number of nitrogens with zero attached hydrogens (tertiary/aromatic N) is 1. The molecule has 0 spiro atoms. The van der Waals surface area contributed by atoms with Crippen LogP contribution in [0.25, 0.3) is 0 Å². The van der Waals surface area contributed by atoms with Gasteiger partial charge in [0.1, 0.15) is 0 Å². The summed E-state index contributed by atoms with van der Waals surface area (Å²) in [4.78, 5) is 14.6. The Labute approximate surface area is 123 Å².